The number of aromatic nitrogens is 2. The van der Waals surface area contributed by atoms with Gasteiger partial charge in [0.15, 0.2) is 10.3 Å². The van der Waals surface area contributed by atoms with Gasteiger partial charge in [-0.1, -0.05) is 34.8 Å². The van der Waals surface area contributed by atoms with Crippen molar-refractivity contribution in [3.05, 3.63) is 36.4 Å². The summed E-state index contributed by atoms with van der Waals surface area (Å²) in [4.78, 5) is 9.28. The molecule has 4 aromatic rings. The molecule has 0 saturated heterocycles. The van der Waals surface area contributed by atoms with Crippen LogP contribution in [0.15, 0.2) is 36.4 Å². The number of anilines is 2. The average Bonchev–Trinajstić information content (AvgIpc) is 3.18. The van der Waals surface area contributed by atoms with Crippen LogP contribution in [0.2, 0.25) is 0 Å². The van der Waals surface area contributed by atoms with Crippen LogP contribution >= 0.6 is 22.7 Å². The van der Waals surface area contributed by atoms with Gasteiger partial charge < -0.3 is 14.8 Å². The van der Waals surface area contributed by atoms with E-state index in [0.29, 0.717) is 6.61 Å². The zero-order chi connectivity index (χ0) is 16.5. The lowest BCUT2D eigenvalue weighted by molar-refractivity contribution is 0.344. The number of nitrogens with zero attached hydrogens (tertiary/aromatic N) is 2. The van der Waals surface area contributed by atoms with Gasteiger partial charge in [0.05, 0.1) is 23.1 Å². The minimum atomic E-state index is 0.622. The van der Waals surface area contributed by atoms with Crippen LogP contribution in [0.3, 0.4) is 0 Å². The molecule has 0 unspecified atom stereocenters. The molecule has 2 aromatic heterocycles. The average molecular weight is 357 g/mol. The van der Waals surface area contributed by atoms with E-state index in [1.807, 2.05) is 43.3 Å². The summed E-state index contributed by atoms with van der Waals surface area (Å²) in [5, 5.41) is 4.91. The van der Waals surface area contributed by atoms with Gasteiger partial charge in [-0.05, 0) is 31.2 Å². The van der Waals surface area contributed by atoms with Gasteiger partial charge in [0.25, 0.3) is 0 Å². The summed E-state index contributed by atoms with van der Waals surface area (Å²) >= 11 is 3.16. The number of benzene rings is 2. The summed E-state index contributed by atoms with van der Waals surface area (Å²) in [5.74, 6) is 1.59. The van der Waals surface area contributed by atoms with Crippen molar-refractivity contribution in [1.29, 1.82) is 0 Å². The van der Waals surface area contributed by atoms with E-state index in [1.54, 1.807) is 29.8 Å². The second kappa shape index (κ2) is 6.26. The number of thiazole rings is 2. The Hall–Kier alpha value is -2.38. The molecular weight excluding hydrogens is 342 g/mol. The maximum absolute atomic E-state index is 5.65. The van der Waals surface area contributed by atoms with Crippen molar-refractivity contribution in [1.82, 2.24) is 9.97 Å². The van der Waals surface area contributed by atoms with Gasteiger partial charge in [0.2, 0.25) is 0 Å². The minimum absolute atomic E-state index is 0.622. The predicted molar refractivity (Wildman–Crippen MR) is 100 cm³/mol. The van der Waals surface area contributed by atoms with Crippen LogP contribution in [0.4, 0.5) is 10.3 Å². The van der Waals surface area contributed by atoms with Crippen molar-refractivity contribution >= 4 is 53.4 Å². The quantitative estimate of drug-likeness (QED) is 0.541. The van der Waals surface area contributed by atoms with Gasteiger partial charge in [-0.2, -0.15) is 0 Å². The third-order valence-electron chi connectivity index (χ3n) is 3.50. The maximum atomic E-state index is 5.65. The molecule has 0 saturated carbocycles. The molecule has 5 nitrogen and oxygen atoms in total. The maximum Gasteiger partial charge on any atom is 0.190 e. The Bertz CT molecular complexity index is 1010. The van der Waals surface area contributed by atoms with Crippen LogP contribution in [0.25, 0.3) is 20.4 Å². The second-order valence-corrected chi connectivity index (χ2v) is 7.07. The van der Waals surface area contributed by atoms with Crippen molar-refractivity contribution in [3.63, 3.8) is 0 Å². The fourth-order valence-electron chi connectivity index (χ4n) is 2.48. The Morgan fingerprint density at radius 2 is 1.50 bits per heavy atom. The largest absolute Gasteiger partial charge is 0.494 e. The van der Waals surface area contributed by atoms with E-state index in [9.17, 15) is 0 Å². The zero-order valence-electron chi connectivity index (χ0n) is 13.2. The van der Waals surface area contributed by atoms with Crippen LogP contribution < -0.4 is 14.8 Å². The van der Waals surface area contributed by atoms with Crippen molar-refractivity contribution in [2.45, 2.75) is 6.92 Å². The van der Waals surface area contributed by atoms with E-state index in [-0.39, 0.29) is 0 Å². The first-order valence-corrected chi connectivity index (χ1v) is 9.14. The molecule has 1 N–H and O–H groups in total. The Morgan fingerprint density at radius 1 is 0.917 bits per heavy atom. The van der Waals surface area contributed by atoms with Gasteiger partial charge in [-0.15, -0.1) is 0 Å². The molecule has 0 fully saturated rings. The van der Waals surface area contributed by atoms with E-state index in [2.05, 4.69) is 15.3 Å². The smallest absolute Gasteiger partial charge is 0.190 e. The number of methoxy groups -OCH3 is 1. The third-order valence-corrected chi connectivity index (χ3v) is 5.37. The minimum Gasteiger partial charge on any atom is -0.494 e. The summed E-state index contributed by atoms with van der Waals surface area (Å²) < 4.78 is 13.2. The number of fused-ring (bicyclic) bond motifs is 2. The number of nitrogens with one attached hydrogen (secondary N) is 1. The highest BCUT2D eigenvalue weighted by Crippen LogP contribution is 2.37. The number of ether oxygens (including phenoxy) is 2. The van der Waals surface area contributed by atoms with Crippen molar-refractivity contribution in [2.75, 3.05) is 19.0 Å². The van der Waals surface area contributed by atoms with Gasteiger partial charge in [0, 0.05) is 0 Å². The normalized spacial score (nSPS) is 11.1. The van der Waals surface area contributed by atoms with Gasteiger partial charge in [-0.25, -0.2) is 9.97 Å². The Balaban J connectivity index is 1.70. The number of hydrogen-bond donors (Lipinski definition) is 1. The van der Waals surface area contributed by atoms with Crippen LogP contribution in [-0.2, 0) is 0 Å². The summed E-state index contributed by atoms with van der Waals surface area (Å²) in [6, 6.07) is 11.9. The second-order valence-electron chi connectivity index (χ2n) is 5.01. The summed E-state index contributed by atoms with van der Waals surface area (Å²) in [5.41, 5.74) is 1.74. The zero-order valence-corrected chi connectivity index (χ0v) is 14.8. The van der Waals surface area contributed by atoms with E-state index in [0.717, 1.165) is 42.2 Å². The monoisotopic (exact) mass is 357 g/mol. The molecule has 0 amide bonds. The molecule has 122 valence electrons. The summed E-state index contributed by atoms with van der Waals surface area (Å²) in [6.45, 7) is 2.59. The van der Waals surface area contributed by atoms with Gasteiger partial charge in [-0.3, -0.25) is 0 Å². The molecule has 0 aliphatic carbocycles. The number of para-hydroxylation sites is 2. The highest BCUT2D eigenvalue weighted by molar-refractivity contribution is 7.24. The van der Waals surface area contributed by atoms with Crippen LogP contribution in [-0.4, -0.2) is 23.7 Å². The predicted octanol–water partition coefficient (Wildman–Crippen LogP) is 5.06. The van der Waals surface area contributed by atoms with E-state index >= 15 is 0 Å². The first-order chi connectivity index (χ1) is 11.8. The van der Waals surface area contributed by atoms with Crippen LogP contribution in [0.5, 0.6) is 11.5 Å². The van der Waals surface area contributed by atoms with E-state index in [1.165, 1.54) is 0 Å². The molecule has 2 aromatic carbocycles. The van der Waals surface area contributed by atoms with Crippen molar-refractivity contribution < 1.29 is 9.47 Å². The molecule has 7 heteroatoms. The molecule has 0 atom stereocenters. The highest BCUT2D eigenvalue weighted by atomic mass is 32.1. The Morgan fingerprint density at radius 3 is 2.08 bits per heavy atom. The summed E-state index contributed by atoms with van der Waals surface area (Å²) in [6.07, 6.45) is 0. The first-order valence-electron chi connectivity index (χ1n) is 7.51. The van der Waals surface area contributed by atoms with Crippen LogP contribution in [0.1, 0.15) is 6.92 Å². The highest BCUT2D eigenvalue weighted by Gasteiger charge is 2.12. The molecule has 0 aliphatic rings. The van der Waals surface area contributed by atoms with E-state index < -0.39 is 0 Å². The molecule has 0 aliphatic heterocycles. The molecule has 0 spiro atoms. The number of hydrogen-bond acceptors (Lipinski definition) is 7. The summed E-state index contributed by atoms with van der Waals surface area (Å²) in [7, 11) is 1.66. The van der Waals surface area contributed by atoms with Crippen molar-refractivity contribution in [2.24, 2.45) is 0 Å². The molecule has 2 heterocycles. The van der Waals surface area contributed by atoms with Gasteiger partial charge >= 0.3 is 0 Å². The van der Waals surface area contributed by atoms with Crippen LogP contribution in [0, 0.1) is 0 Å². The Labute approximate surface area is 146 Å². The molecule has 4 rings (SSSR count). The molecule has 0 bridgehead atoms. The fourth-order valence-corrected chi connectivity index (χ4v) is 4.31. The molecule has 24 heavy (non-hydrogen) atoms. The van der Waals surface area contributed by atoms with Gasteiger partial charge in [0.1, 0.15) is 22.5 Å². The Kier molecular flexibility index (Phi) is 3.95. The fraction of sp³-hybridized carbons (Fsp3) is 0.176. The first kappa shape index (κ1) is 15.2. The molecular formula is C17H15N3O2S2. The standard InChI is InChI=1S/C17H15N3O2S2/c1-3-22-11-7-5-9-13-15(11)19-17(24-13)20-16-18-14-10(21-2)6-4-8-12(14)23-16/h4-9H,3H2,1-2H3,(H,18,19,20). The topological polar surface area (TPSA) is 56.3 Å². The lowest BCUT2D eigenvalue weighted by Gasteiger charge is -2.01. The molecule has 0 radical (unpaired) electrons. The number of rotatable bonds is 5. The van der Waals surface area contributed by atoms with E-state index in [4.69, 9.17) is 9.47 Å². The lowest BCUT2D eigenvalue weighted by atomic mass is 10.3. The van der Waals surface area contributed by atoms with Crippen molar-refractivity contribution in [3.8, 4) is 11.5 Å². The third kappa shape index (κ3) is 2.65. The SMILES string of the molecule is CCOc1cccc2sc(Nc3nc4c(OC)cccc4s3)nc12. The lowest BCUT2D eigenvalue weighted by Crippen LogP contribution is -1.92.